The maximum absolute atomic E-state index is 12.2. The first-order chi connectivity index (χ1) is 8.54. The summed E-state index contributed by atoms with van der Waals surface area (Å²) in [5.74, 6) is 0. The lowest BCUT2D eigenvalue weighted by Crippen LogP contribution is -2.38. The second-order valence-electron chi connectivity index (χ2n) is 4.31. The largest absolute Gasteiger partial charge is 0.313 e. The van der Waals surface area contributed by atoms with Gasteiger partial charge in [0, 0.05) is 19.6 Å². The van der Waals surface area contributed by atoms with E-state index in [0.29, 0.717) is 11.4 Å². The van der Waals surface area contributed by atoms with Gasteiger partial charge in [0.15, 0.2) is 0 Å². The molecular weight excluding hydrogens is 270 g/mol. The molecule has 1 saturated heterocycles. The van der Waals surface area contributed by atoms with Crippen molar-refractivity contribution in [1.82, 2.24) is 9.62 Å². The predicted molar refractivity (Wildman–Crippen MR) is 69.9 cm³/mol. The summed E-state index contributed by atoms with van der Waals surface area (Å²) in [7, 11) is -1.87. The Morgan fingerprint density at radius 2 is 2.39 bits per heavy atom. The van der Waals surface area contributed by atoms with Gasteiger partial charge in [0.05, 0.1) is 0 Å². The molecule has 1 fully saturated rings. The molecule has 1 aliphatic rings. The molecule has 2 rings (SSSR count). The third-order valence-electron chi connectivity index (χ3n) is 3.00. The molecule has 18 heavy (non-hydrogen) atoms. The number of hydrogen-bond donors (Lipinski definition) is 1. The van der Waals surface area contributed by atoms with E-state index < -0.39 is 10.0 Å². The van der Waals surface area contributed by atoms with Gasteiger partial charge >= 0.3 is 0 Å². The Morgan fingerprint density at radius 1 is 1.61 bits per heavy atom. The van der Waals surface area contributed by atoms with E-state index in [4.69, 9.17) is 5.26 Å². The van der Waals surface area contributed by atoms with Crippen molar-refractivity contribution in [3.8, 4) is 6.07 Å². The highest BCUT2D eigenvalue weighted by Crippen LogP contribution is 2.24. The van der Waals surface area contributed by atoms with E-state index in [1.807, 2.05) is 6.07 Å². The average Bonchev–Trinajstić information content (AvgIpc) is 2.99. The second kappa shape index (κ2) is 5.36. The molecule has 1 unspecified atom stereocenters. The van der Waals surface area contributed by atoms with Crippen LogP contribution in [0.4, 0.5) is 0 Å². The highest BCUT2D eigenvalue weighted by atomic mass is 32.2. The van der Waals surface area contributed by atoms with Gasteiger partial charge in [-0.05, 0) is 31.5 Å². The first-order valence-electron chi connectivity index (χ1n) is 5.73. The van der Waals surface area contributed by atoms with Gasteiger partial charge in [-0.1, -0.05) is 0 Å². The van der Waals surface area contributed by atoms with Gasteiger partial charge in [0.1, 0.15) is 15.2 Å². The Kier molecular flexibility index (Phi) is 4.02. The molecule has 0 aromatic carbocycles. The van der Waals surface area contributed by atoms with Crippen molar-refractivity contribution in [1.29, 1.82) is 5.26 Å². The minimum atomic E-state index is -3.45. The van der Waals surface area contributed by atoms with Gasteiger partial charge in [0.25, 0.3) is 10.0 Å². The van der Waals surface area contributed by atoms with Crippen LogP contribution in [0.25, 0.3) is 0 Å². The van der Waals surface area contributed by atoms with Crippen molar-refractivity contribution >= 4 is 21.4 Å². The lowest BCUT2D eigenvalue weighted by molar-refractivity contribution is 0.418. The summed E-state index contributed by atoms with van der Waals surface area (Å²) in [6.45, 7) is 1.43. The Bertz CT molecular complexity index is 553. The smallest absolute Gasteiger partial charge is 0.252 e. The van der Waals surface area contributed by atoms with Crippen molar-refractivity contribution in [3.05, 3.63) is 17.0 Å². The van der Waals surface area contributed by atoms with Crippen molar-refractivity contribution in [2.45, 2.75) is 23.1 Å². The Labute approximate surface area is 111 Å². The van der Waals surface area contributed by atoms with Gasteiger partial charge in [-0.25, -0.2) is 8.42 Å². The summed E-state index contributed by atoms with van der Waals surface area (Å²) in [5.41, 5.74) is 0. The molecule has 1 aromatic rings. The number of nitriles is 1. The standard InChI is InChI=1S/C11H15N3O2S2/c1-14(8-9-3-2-6-13-9)18(15,16)11-5-4-10(7-12)17-11/h4-5,9,13H,2-3,6,8H2,1H3. The van der Waals surface area contributed by atoms with Gasteiger partial charge in [0.2, 0.25) is 0 Å². The summed E-state index contributed by atoms with van der Waals surface area (Å²) >= 11 is 1.01. The normalized spacial score (nSPS) is 20.2. The molecule has 0 saturated carbocycles. The van der Waals surface area contributed by atoms with E-state index in [9.17, 15) is 8.42 Å². The maximum atomic E-state index is 12.2. The Balaban J connectivity index is 2.12. The molecule has 7 heteroatoms. The van der Waals surface area contributed by atoms with Crippen molar-refractivity contribution < 1.29 is 8.42 Å². The molecule has 98 valence electrons. The molecule has 0 radical (unpaired) electrons. The van der Waals surface area contributed by atoms with Crippen LogP contribution in [0.3, 0.4) is 0 Å². The fourth-order valence-electron chi connectivity index (χ4n) is 1.99. The summed E-state index contributed by atoms with van der Waals surface area (Å²) in [6.07, 6.45) is 2.10. The zero-order valence-corrected chi connectivity index (χ0v) is 11.7. The van der Waals surface area contributed by atoms with Gasteiger partial charge in [-0.3, -0.25) is 0 Å². The highest BCUT2D eigenvalue weighted by Gasteiger charge is 2.26. The van der Waals surface area contributed by atoms with E-state index in [-0.39, 0.29) is 10.3 Å². The molecule has 0 amide bonds. The molecule has 1 aliphatic heterocycles. The van der Waals surface area contributed by atoms with Crippen LogP contribution in [0.5, 0.6) is 0 Å². The number of nitrogens with one attached hydrogen (secondary N) is 1. The monoisotopic (exact) mass is 285 g/mol. The van der Waals surface area contributed by atoms with E-state index in [1.165, 1.54) is 10.4 Å². The van der Waals surface area contributed by atoms with Crippen molar-refractivity contribution in [2.75, 3.05) is 20.1 Å². The van der Waals surface area contributed by atoms with Crippen molar-refractivity contribution in [2.24, 2.45) is 0 Å². The first-order valence-corrected chi connectivity index (χ1v) is 7.99. The molecule has 0 spiro atoms. The van der Waals surface area contributed by atoms with Crippen LogP contribution in [-0.4, -0.2) is 38.9 Å². The van der Waals surface area contributed by atoms with E-state index in [1.54, 1.807) is 13.1 Å². The fourth-order valence-corrected chi connectivity index (χ4v) is 4.52. The average molecular weight is 285 g/mol. The number of thiophene rings is 1. The molecule has 5 nitrogen and oxygen atoms in total. The van der Waals surface area contributed by atoms with Crippen LogP contribution < -0.4 is 5.32 Å². The third-order valence-corrected chi connectivity index (χ3v) is 6.28. The van der Waals surface area contributed by atoms with Crippen LogP contribution in [-0.2, 0) is 10.0 Å². The lowest BCUT2D eigenvalue weighted by atomic mass is 10.2. The molecule has 1 N–H and O–H groups in total. The third kappa shape index (κ3) is 2.72. The summed E-state index contributed by atoms with van der Waals surface area (Å²) in [4.78, 5) is 0.418. The summed E-state index contributed by atoms with van der Waals surface area (Å²) < 4.78 is 26.1. The molecule has 1 aromatic heterocycles. The van der Waals surface area contributed by atoms with E-state index >= 15 is 0 Å². The van der Waals surface area contributed by atoms with Crippen LogP contribution in [0.2, 0.25) is 0 Å². The Morgan fingerprint density at radius 3 is 2.94 bits per heavy atom. The lowest BCUT2D eigenvalue weighted by Gasteiger charge is -2.20. The van der Waals surface area contributed by atoms with Crippen molar-refractivity contribution in [3.63, 3.8) is 0 Å². The number of nitrogens with zero attached hydrogens (tertiary/aromatic N) is 2. The number of sulfonamides is 1. The van der Waals surface area contributed by atoms with Gasteiger partial charge in [-0.2, -0.15) is 9.57 Å². The number of likely N-dealkylation sites (N-methyl/N-ethyl adjacent to an activating group) is 1. The Hall–Kier alpha value is -0.940. The van der Waals surface area contributed by atoms with Crippen LogP contribution in [0.15, 0.2) is 16.3 Å². The summed E-state index contributed by atoms with van der Waals surface area (Å²) in [5, 5.41) is 12.0. The number of hydrogen-bond acceptors (Lipinski definition) is 5. The number of rotatable bonds is 4. The maximum Gasteiger partial charge on any atom is 0.252 e. The minimum Gasteiger partial charge on any atom is -0.313 e. The highest BCUT2D eigenvalue weighted by molar-refractivity contribution is 7.91. The van der Waals surface area contributed by atoms with Crippen LogP contribution in [0.1, 0.15) is 17.7 Å². The molecule has 0 aliphatic carbocycles. The zero-order chi connectivity index (χ0) is 13.2. The molecular formula is C11H15N3O2S2. The molecule has 2 heterocycles. The predicted octanol–water partition coefficient (Wildman–Crippen LogP) is 0.992. The van der Waals surface area contributed by atoms with E-state index in [0.717, 1.165) is 30.7 Å². The minimum absolute atomic E-state index is 0.236. The quantitative estimate of drug-likeness (QED) is 0.895. The zero-order valence-electron chi connectivity index (χ0n) is 10.1. The molecule has 1 atom stereocenters. The van der Waals surface area contributed by atoms with Crippen LogP contribution in [0, 0.1) is 11.3 Å². The van der Waals surface area contributed by atoms with Crippen LogP contribution >= 0.6 is 11.3 Å². The fraction of sp³-hybridized carbons (Fsp3) is 0.545. The van der Waals surface area contributed by atoms with Gasteiger partial charge in [-0.15, -0.1) is 11.3 Å². The topological polar surface area (TPSA) is 73.2 Å². The summed E-state index contributed by atoms with van der Waals surface area (Å²) in [6, 6.07) is 5.23. The first kappa shape index (κ1) is 13.5. The van der Waals surface area contributed by atoms with Gasteiger partial charge < -0.3 is 5.32 Å². The SMILES string of the molecule is CN(CC1CCCN1)S(=O)(=O)c1ccc(C#N)s1. The molecule has 0 bridgehead atoms. The van der Waals surface area contributed by atoms with E-state index in [2.05, 4.69) is 5.32 Å². The second-order valence-corrected chi connectivity index (χ2v) is 7.66.